The minimum Gasteiger partial charge on any atom is -0.352 e. The average Bonchev–Trinajstić information content (AvgIpc) is 2.72. The van der Waals surface area contributed by atoms with E-state index in [4.69, 9.17) is 5.73 Å². The lowest BCUT2D eigenvalue weighted by molar-refractivity contribution is -0.117. The van der Waals surface area contributed by atoms with Gasteiger partial charge in [0, 0.05) is 36.2 Å². The van der Waals surface area contributed by atoms with Crippen molar-refractivity contribution in [2.45, 2.75) is 25.9 Å². The molecule has 1 aliphatic rings. The van der Waals surface area contributed by atoms with E-state index in [2.05, 4.69) is 38.2 Å². The van der Waals surface area contributed by atoms with E-state index >= 15 is 0 Å². The van der Waals surface area contributed by atoms with E-state index in [1.54, 1.807) is 12.4 Å². The van der Waals surface area contributed by atoms with Gasteiger partial charge in [-0.3, -0.25) is 15.1 Å². The third-order valence-electron chi connectivity index (χ3n) is 4.36. The number of fused-ring (bicyclic) bond motifs is 1. The Hall–Kier alpha value is -2.97. The van der Waals surface area contributed by atoms with Crippen LogP contribution in [0.15, 0.2) is 53.4 Å². The molecule has 2 aromatic rings. The van der Waals surface area contributed by atoms with Gasteiger partial charge in [0.1, 0.15) is 6.17 Å². The minimum absolute atomic E-state index is 0.143. The van der Waals surface area contributed by atoms with Crippen molar-refractivity contribution in [1.82, 2.24) is 20.9 Å². The number of guanidine groups is 1. The van der Waals surface area contributed by atoms with Crippen molar-refractivity contribution in [3.8, 4) is 0 Å². The Labute approximate surface area is 164 Å². The van der Waals surface area contributed by atoms with Crippen molar-refractivity contribution in [2.24, 2.45) is 10.7 Å². The Morgan fingerprint density at radius 1 is 1.25 bits per heavy atom. The summed E-state index contributed by atoms with van der Waals surface area (Å²) in [5.74, 6) is 0.441. The number of aromatic nitrogens is 1. The van der Waals surface area contributed by atoms with Gasteiger partial charge in [-0.2, -0.15) is 0 Å². The molecule has 8 nitrogen and oxygen atoms in total. The van der Waals surface area contributed by atoms with Gasteiger partial charge in [-0.25, -0.2) is 4.99 Å². The monoisotopic (exact) mass is 381 g/mol. The number of benzene rings is 1. The molecule has 8 heteroatoms. The predicted octanol–water partition coefficient (Wildman–Crippen LogP) is 1.28. The zero-order chi connectivity index (χ0) is 19.8. The second-order valence-electron chi connectivity index (χ2n) is 6.55. The Kier molecular flexibility index (Phi) is 6.94. The summed E-state index contributed by atoms with van der Waals surface area (Å²) in [5, 5.41) is 14.9. The topological polar surface area (TPSA) is 116 Å². The normalized spacial score (nSPS) is 16.1. The van der Waals surface area contributed by atoms with Crippen LogP contribution in [0.4, 0.5) is 5.69 Å². The molecule has 6 N–H and O–H groups in total. The molecule has 0 radical (unpaired) electrons. The quantitative estimate of drug-likeness (QED) is 0.440. The Morgan fingerprint density at radius 3 is 2.96 bits per heavy atom. The van der Waals surface area contributed by atoms with Crippen LogP contribution in [0.1, 0.15) is 19.8 Å². The molecule has 1 aromatic heterocycles. The Morgan fingerprint density at radius 2 is 2.14 bits per heavy atom. The lowest BCUT2D eigenvalue weighted by Gasteiger charge is -2.27. The van der Waals surface area contributed by atoms with Crippen molar-refractivity contribution in [3.63, 3.8) is 0 Å². The van der Waals surface area contributed by atoms with Gasteiger partial charge in [0.2, 0.25) is 5.96 Å². The van der Waals surface area contributed by atoms with E-state index in [-0.39, 0.29) is 12.1 Å². The number of amides is 1. The van der Waals surface area contributed by atoms with E-state index in [0.717, 1.165) is 35.8 Å². The number of nitrogens with zero attached hydrogens (tertiary/aromatic N) is 2. The summed E-state index contributed by atoms with van der Waals surface area (Å²) in [7, 11) is 0. The molecule has 0 bridgehead atoms. The van der Waals surface area contributed by atoms with Crippen LogP contribution in [0.3, 0.4) is 0 Å². The molecule has 0 saturated heterocycles. The van der Waals surface area contributed by atoms with Gasteiger partial charge >= 0.3 is 0 Å². The summed E-state index contributed by atoms with van der Waals surface area (Å²) in [6.07, 6.45) is 6.59. The Balaban J connectivity index is 1.74. The maximum absolute atomic E-state index is 12.5. The van der Waals surface area contributed by atoms with Crippen molar-refractivity contribution in [3.05, 3.63) is 48.4 Å². The molecule has 0 spiro atoms. The number of aliphatic imine (C=N–C) groups is 1. The van der Waals surface area contributed by atoms with Crippen molar-refractivity contribution >= 4 is 28.3 Å². The highest BCUT2D eigenvalue weighted by Gasteiger charge is 2.24. The SMILES string of the molecule is CCCNC1NC(Nc2ccc3cnccc3c2)=NC=C1C(=O)NCCCN. The summed E-state index contributed by atoms with van der Waals surface area (Å²) in [6.45, 7) is 3.95. The van der Waals surface area contributed by atoms with Gasteiger partial charge in [-0.15, -0.1) is 0 Å². The van der Waals surface area contributed by atoms with Crippen LogP contribution in [0, 0.1) is 0 Å². The first-order valence-corrected chi connectivity index (χ1v) is 9.58. The van der Waals surface area contributed by atoms with Crippen molar-refractivity contribution < 1.29 is 4.79 Å². The smallest absolute Gasteiger partial charge is 0.252 e. The third-order valence-corrected chi connectivity index (χ3v) is 4.36. The molecule has 1 aromatic carbocycles. The maximum Gasteiger partial charge on any atom is 0.252 e. The molecule has 2 heterocycles. The van der Waals surface area contributed by atoms with E-state index in [1.807, 2.05) is 30.5 Å². The number of hydrogen-bond donors (Lipinski definition) is 5. The highest BCUT2D eigenvalue weighted by molar-refractivity contribution is 6.01. The fourth-order valence-electron chi connectivity index (χ4n) is 2.87. The van der Waals surface area contributed by atoms with Crippen molar-refractivity contribution in [2.75, 3.05) is 25.0 Å². The standard InChI is InChI=1S/C20H27N7O/c1-2-8-23-18-17(19(28)24-9-3-7-21)13-25-20(27-18)26-16-5-4-15-12-22-10-6-14(15)11-16/h4-6,10-13,18,23H,2-3,7-9,21H2,1H3,(H,24,28)(H2,25,26,27). The lowest BCUT2D eigenvalue weighted by Crippen LogP contribution is -2.53. The number of rotatable bonds is 8. The van der Waals surface area contributed by atoms with E-state index in [9.17, 15) is 4.79 Å². The number of anilines is 1. The van der Waals surface area contributed by atoms with Crippen LogP contribution in [0.5, 0.6) is 0 Å². The van der Waals surface area contributed by atoms with Gasteiger partial charge in [0.25, 0.3) is 5.91 Å². The van der Waals surface area contributed by atoms with Crippen molar-refractivity contribution in [1.29, 1.82) is 0 Å². The fraction of sp³-hybridized carbons (Fsp3) is 0.350. The largest absolute Gasteiger partial charge is 0.352 e. The van der Waals surface area contributed by atoms with E-state index in [1.165, 1.54) is 0 Å². The second kappa shape index (κ2) is 9.82. The Bertz CT molecular complexity index is 878. The number of carbonyl (C=O) groups is 1. The molecule has 148 valence electrons. The number of nitrogens with two attached hydrogens (primary N) is 1. The van der Waals surface area contributed by atoms with Crippen LogP contribution < -0.4 is 27.0 Å². The summed E-state index contributed by atoms with van der Waals surface area (Å²) in [4.78, 5) is 21.0. The number of carbonyl (C=O) groups excluding carboxylic acids is 1. The van der Waals surface area contributed by atoms with Crippen LogP contribution in [-0.2, 0) is 4.79 Å². The first-order valence-electron chi connectivity index (χ1n) is 9.58. The molecule has 1 unspecified atom stereocenters. The average molecular weight is 381 g/mol. The minimum atomic E-state index is -0.317. The molecule has 0 fully saturated rings. The molecule has 28 heavy (non-hydrogen) atoms. The molecular formula is C20H27N7O. The van der Waals surface area contributed by atoms with Gasteiger partial charge in [-0.1, -0.05) is 13.0 Å². The number of pyridine rings is 1. The van der Waals surface area contributed by atoms with Crippen LogP contribution >= 0.6 is 0 Å². The number of hydrogen-bond acceptors (Lipinski definition) is 7. The third kappa shape index (κ3) is 5.05. The summed E-state index contributed by atoms with van der Waals surface area (Å²) >= 11 is 0. The second-order valence-corrected chi connectivity index (χ2v) is 6.55. The van der Waals surface area contributed by atoms with Gasteiger partial charge in [-0.05, 0) is 49.5 Å². The highest BCUT2D eigenvalue weighted by Crippen LogP contribution is 2.18. The van der Waals surface area contributed by atoms with Gasteiger partial charge < -0.3 is 21.7 Å². The van der Waals surface area contributed by atoms with E-state index < -0.39 is 0 Å². The zero-order valence-electron chi connectivity index (χ0n) is 16.0. The molecule has 3 rings (SSSR count). The number of nitrogens with one attached hydrogen (secondary N) is 4. The molecule has 1 atom stereocenters. The van der Waals surface area contributed by atoms with Gasteiger partial charge in [0.15, 0.2) is 0 Å². The fourth-order valence-corrected chi connectivity index (χ4v) is 2.87. The van der Waals surface area contributed by atoms with E-state index in [0.29, 0.717) is 24.6 Å². The van der Waals surface area contributed by atoms with Crippen LogP contribution in [0.25, 0.3) is 10.8 Å². The predicted molar refractivity (Wildman–Crippen MR) is 113 cm³/mol. The zero-order valence-corrected chi connectivity index (χ0v) is 16.0. The van der Waals surface area contributed by atoms with Crippen LogP contribution in [-0.4, -0.2) is 42.7 Å². The first-order chi connectivity index (χ1) is 13.7. The lowest BCUT2D eigenvalue weighted by atomic mass is 10.1. The summed E-state index contributed by atoms with van der Waals surface area (Å²) in [6, 6.07) is 7.98. The van der Waals surface area contributed by atoms with Crippen LogP contribution in [0.2, 0.25) is 0 Å². The van der Waals surface area contributed by atoms with Gasteiger partial charge in [0.05, 0.1) is 5.57 Å². The maximum atomic E-state index is 12.5. The molecule has 1 aliphatic heterocycles. The summed E-state index contributed by atoms with van der Waals surface area (Å²) < 4.78 is 0. The highest BCUT2D eigenvalue weighted by atomic mass is 16.1. The first kappa shape index (κ1) is 19.8. The molecule has 0 saturated carbocycles. The molecule has 1 amide bonds. The molecule has 0 aliphatic carbocycles. The summed E-state index contributed by atoms with van der Waals surface area (Å²) in [5.41, 5.74) is 6.95. The molecular weight excluding hydrogens is 354 g/mol.